The first-order chi connectivity index (χ1) is 6.75. The molecule has 3 nitrogen and oxygen atoms in total. The number of anilines is 1. The third kappa shape index (κ3) is 3.20. The van der Waals surface area contributed by atoms with E-state index in [0.717, 1.165) is 22.8 Å². The average molecular weight is 211 g/mol. The maximum absolute atomic E-state index is 6.00. The minimum atomic E-state index is 0.000231. The Morgan fingerprint density at radius 3 is 3.00 bits per heavy atom. The van der Waals surface area contributed by atoms with Gasteiger partial charge in [0.2, 0.25) is 0 Å². The van der Waals surface area contributed by atoms with Crippen LogP contribution < -0.4 is 11.5 Å². The van der Waals surface area contributed by atoms with Crippen molar-refractivity contribution in [2.75, 3.05) is 17.2 Å². The van der Waals surface area contributed by atoms with Crippen LogP contribution in [0.1, 0.15) is 24.9 Å². The SMILES string of the molecule is CCCSCC(N)c1cnccc1N. The molecule has 0 saturated carbocycles. The first-order valence-corrected chi connectivity index (χ1v) is 5.94. The molecule has 0 spiro atoms. The number of nitrogens with zero attached hydrogens (tertiary/aromatic N) is 1. The van der Waals surface area contributed by atoms with E-state index in [2.05, 4.69) is 11.9 Å². The van der Waals surface area contributed by atoms with Crippen LogP contribution in [0.2, 0.25) is 0 Å². The molecular formula is C10H17N3S. The van der Waals surface area contributed by atoms with Crippen LogP contribution in [-0.2, 0) is 0 Å². The lowest BCUT2D eigenvalue weighted by molar-refractivity contribution is 0.827. The van der Waals surface area contributed by atoms with Gasteiger partial charge in [-0.1, -0.05) is 6.92 Å². The molecule has 1 rings (SSSR count). The zero-order valence-electron chi connectivity index (χ0n) is 8.44. The van der Waals surface area contributed by atoms with Crippen LogP contribution in [0.4, 0.5) is 5.69 Å². The molecule has 0 bridgehead atoms. The molecule has 0 aliphatic rings. The summed E-state index contributed by atoms with van der Waals surface area (Å²) in [7, 11) is 0. The maximum atomic E-state index is 6.00. The summed E-state index contributed by atoms with van der Waals surface area (Å²) >= 11 is 1.86. The van der Waals surface area contributed by atoms with Crippen LogP contribution >= 0.6 is 11.8 Å². The number of pyridine rings is 1. The van der Waals surface area contributed by atoms with Crippen molar-refractivity contribution in [2.24, 2.45) is 5.73 Å². The highest BCUT2D eigenvalue weighted by molar-refractivity contribution is 7.99. The van der Waals surface area contributed by atoms with Gasteiger partial charge in [-0.3, -0.25) is 4.98 Å². The molecule has 0 amide bonds. The second kappa shape index (κ2) is 5.88. The normalized spacial score (nSPS) is 12.7. The van der Waals surface area contributed by atoms with Gasteiger partial charge in [0.1, 0.15) is 0 Å². The average Bonchev–Trinajstić information content (AvgIpc) is 2.18. The number of aromatic nitrogens is 1. The van der Waals surface area contributed by atoms with Crippen molar-refractivity contribution in [2.45, 2.75) is 19.4 Å². The third-order valence-corrected chi connectivity index (χ3v) is 3.22. The van der Waals surface area contributed by atoms with Gasteiger partial charge in [-0.05, 0) is 18.2 Å². The Bertz CT molecular complexity index is 278. The van der Waals surface area contributed by atoms with Crippen molar-refractivity contribution in [3.63, 3.8) is 0 Å². The second-order valence-electron chi connectivity index (χ2n) is 3.19. The van der Waals surface area contributed by atoms with E-state index in [1.54, 1.807) is 18.5 Å². The molecule has 0 aliphatic heterocycles. The van der Waals surface area contributed by atoms with Crippen molar-refractivity contribution in [1.82, 2.24) is 4.98 Å². The van der Waals surface area contributed by atoms with E-state index < -0.39 is 0 Å². The van der Waals surface area contributed by atoms with Gasteiger partial charge in [0, 0.05) is 35.4 Å². The molecule has 0 radical (unpaired) electrons. The molecule has 78 valence electrons. The standard InChI is InChI=1S/C10H17N3S/c1-2-5-14-7-10(12)8-6-13-4-3-9(8)11/h3-4,6,10H,2,5,7,12H2,1H3,(H2,11,13). The molecule has 0 fully saturated rings. The van der Waals surface area contributed by atoms with Gasteiger partial charge in [0.05, 0.1) is 0 Å². The summed E-state index contributed by atoms with van der Waals surface area (Å²) < 4.78 is 0. The molecule has 1 heterocycles. The highest BCUT2D eigenvalue weighted by Gasteiger charge is 2.08. The van der Waals surface area contributed by atoms with E-state index >= 15 is 0 Å². The summed E-state index contributed by atoms with van der Waals surface area (Å²) in [5.41, 5.74) is 13.5. The quantitative estimate of drug-likeness (QED) is 0.729. The monoisotopic (exact) mass is 211 g/mol. The molecule has 4 N–H and O–H groups in total. The first-order valence-electron chi connectivity index (χ1n) is 4.78. The van der Waals surface area contributed by atoms with Crippen molar-refractivity contribution < 1.29 is 0 Å². The summed E-state index contributed by atoms with van der Waals surface area (Å²) in [5, 5.41) is 0. The highest BCUT2D eigenvalue weighted by Crippen LogP contribution is 2.20. The Kier molecular flexibility index (Phi) is 4.76. The third-order valence-electron chi connectivity index (χ3n) is 1.93. The number of hydrogen-bond acceptors (Lipinski definition) is 4. The largest absolute Gasteiger partial charge is 0.398 e. The van der Waals surface area contributed by atoms with Crippen LogP contribution in [0.25, 0.3) is 0 Å². The molecule has 0 aliphatic carbocycles. The topological polar surface area (TPSA) is 64.9 Å². The summed E-state index contributed by atoms with van der Waals surface area (Å²) in [6.45, 7) is 2.16. The molecule has 0 aromatic carbocycles. The summed E-state index contributed by atoms with van der Waals surface area (Å²) in [6.07, 6.45) is 4.62. The number of thioether (sulfide) groups is 1. The molecule has 14 heavy (non-hydrogen) atoms. The van der Waals surface area contributed by atoms with E-state index in [1.165, 1.54) is 6.42 Å². The summed E-state index contributed by atoms with van der Waals surface area (Å²) in [6, 6.07) is 1.79. The van der Waals surface area contributed by atoms with Crippen LogP contribution in [-0.4, -0.2) is 16.5 Å². The Morgan fingerprint density at radius 2 is 2.36 bits per heavy atom. The number of nitrogen functional groups attached to an aromatic ring is 1. The molecular weight excluding hydrogens is 194 g/mol. The highest BCUT2D eigenvalue weighted by atomic mass is 32.2. The predicted molar refractivity (Wildman–Crippen MR) is 63.2 cm³/mol. The van der Waals surface area contributed by atoms with Gasteiger partial charge in [-0.15, -0.1) is 0 Å². The van der Waals surface area contributed by atoms with E-state index in [1.807, 2.05) is 11.8 Å². The van der Waals surface area contributed by atoms with E-state index in [-0.39, 0.29) is 6.04 Å². The minimum absolute atomic E-state index is 0.000231. The lowest BCUT2D eigenvalue weighted by Crippen LogP contribution is -2.15. The Hall–Kier alpha value is -0.740. The fourth-order valence-electron chi connectivity index (χ4n) is 1.17. The summed E-state index contributed by atoms with van der Waals surface area (Å²) in [4.78, 5) is 4.03. The minimum Gasteiger partial charge on any atom is -0.398 e. The maximum Gasteiger partial charge on any atom is 0.0422 e. The lowest BCUT2D eigenvalue weighted by Gasteiger charge is -2.12. The second-order valence-corrected chi connectivity index (χ2v) is 4.34. The molecule has 0 saturated heterocycles. The van der Waals surface area contributed by atoms with E-state index in [0.29, 0.717) is 0 Å². The smallest absolute Gasteiger partial charge is 0.0422 e. The van der Waals surface area contributed by atoms with Gasteiger partial charge in [-0.2, -0.15) is 11.8 Å². The molecule has 1 aromatic rings. The Morgan fingerprint density at radius 1 is 1.57 bits per heavy atom. The van der Waals surface area contributed by atoms with Gasteiger partial charge >= 0.3 is 0 Å². The van der Waals surface area contributed by atoms with Crippen LogP contribution in [0, 0.1) is 0 Å². The zero-order chi connectivity index (χ0) is 10.4. The fraction of sp³-hybridized carbons (Fsp3) is 0.500. The van der Waals surface area contributed by atoms with Crippen LogP contribution in [0.5, 0.6) is 0 Å². The molecule has 4 heteroatoms. The van der Waals surface area contributed by atoms with Crippen molar-refractivity contribution in [3.8, 4) is 0 Å². The van der Waals surface area contributed by atoms with E-state index in [4.69, 9.17) is 11.5 Å². The van der Waals surface area contributed by atoms with Crippen molar-refractivity contribution >= 4 is 17.4 Å². The Balaban J connectivity index is 2.51. The fourth-order valence-corrected chi connectivity index (χ4v) is 2.06. The number of hydrogen-bond donors (Lipinski definition) is 2. The van der Waals surface area contributed by atoms with Gasteiger partial charge < -0.3 is 11.5 Å². The molecule has 1 atom stereocenters. The van der Waals surface area contributed by atoms with Gasteiger partial charge in [0.15, 0.2) is 0 Å². The van der Waals surface area contributed by atoms with Crippen LogP contribution in [0.15, 0.2) is 18.5 Å². The van der Waals surface area contributed by atoms with Crippen LogP contribution in [0.3, 0.4) is 0 Å². The lowest BCUT2D eigenvalue weighted by atomic mass is 10.1. The molecule has 1 aromatic heterocycles. The van der Waals surface area contributed by atoms with E-state index in [9.17, 15) is 0 Å². The first kappa shape index (κ1) is 11.3. The van der Waals surface area contributed by atoms with Crippen molar-refractivity contribution in [1.29, 1.82) is 0 Å². The van der Waals surface area contributed by atoms with Gasteiger partial charge in [0.25, 0.3) is 0 Å². The Labute approximate surface area is 89.3 Å². The zero-order valence-corrected chi connectivity index (χ0v) is 9.26. The predicted octanol–water partition coefficient (Wildman–Crippen LogP) is 1.81. The number of nitrogens with two attached hydrogens (primary N) is 2. The van der Waals surface area contributed by atoms with Crippen molar-refractivity contribution in [3.05, 3.63) is 24.0 Å². The molecule has 1 unspecified atom stereocenters. The van der Waals surface area contributed by atoms with Gasteiger partial charge in [-0.25, -0.2) is 0 Å². The number of rotatable bonds is 5. The summed E-state index contributed by atoms with van der Waals surface area (Å²) in [5.74, 6) is 2.05.